The summed E-state index contributed by atoms with van der Waals surface area (Å²) in [5.74, 6) is 0. The first-order valence-electron chi connectivity index (χ1n) is 20.2. The Hall–Kier alpha value is -0.0800. The number of hydroxylamine groups is 3. The van der Waals surface area contributed by atoms with Crippen LogP contribution < -0.4 is 0 Å². The minimum Gasteiger partial charge on any atom is -0.217 e. The molecular formula is C40H84NO+. The molecule has 0 radical (unpaired) electrons. The summed E-state index contributed by atoms with van der Waals surface area (Å²) in [6, 6.07) is 0.387. The molecule has 0 saturated heterocycles. The second-order valence-corrected chi connectivity index (χ2v) is 14.3. The van der Waals surface area contributed by atoms with Gasteiger partial charge in [-0.3, -0.25) is 0 Å². The summed E-state index contributed by atoms with van der Waals surface area (Å²) in [5, 5.41) is 11.3. The molecule has 0 amide bonds. The first-order valence-corrected chi connectivity index (χ1v) is 20.2. The maximum Gasteiger partial charge on any atom is 0.116 e. The molecule has 0 bridgehead atoms. The van der Waals surface area contributed by atoms with Crippen LogP contribution in [0.4, 0.5) is 0 Å². The smallest absolute Gasteiger partial charge is 0.116 e. The van der Waals surface area contributed by atoms with E-state index in [1.807, 2.05) is 0 Å². The molecule has 0 aliphatic heterocycles. The number of nitrogens with zero attached hydrogens (tertiary/aromatic N) is 1. The van der Waals surface area contributed by atoms with Crippen LogP contribution in [0.3, 0.4) is 0 Å². The standard InChI is InChI=1S/C40H84NO/c1-5-8-10-12-14-16-18-20-22-24-26-28-30-32-34-36-38-40(4)41(42,7-3)39-37-35-33-31-29-27-25-23-21-19-17-15-13-11-9-6-2/h40,42H,5-39H2,1-4H3/q+1. The van der Waals surface area contributed by atoms with Crippen molar-refractivity contribution in [1.82, 2.24) is 0 Å². The maximum atomic E-state index is 11.3. The molecule has 2 atom stereocenters. The molecule has 0 aliphatic carbocycles. The number of quaternary nitrogens is 1. The predicted octanol–water partition coefficient (Wildman–Crippen LogP) is 14.5. The van der Waals surface area contributed by atoms with Gasteiger partial charge in [-0.1, -0.05) is 200 Å². The van der Waals surface area contributed by atoms with Crippen LogP contribution in [0.15, 0.2) is 0 Å². The third-order valence-electron chi connectivity index (χ3n) is 10.2. The Morgan fingerprint density at radius 3 is 0.857 bits per heavy atom. The third-order valence-corrected chi connectivity index (χ3v) is 10.2. The Morgan fingerprint density at radius 2 is 0.595 bits per heavy atom. The van der Waals surface area contributed by atoms with Gasteiger partial charge in [-0.25, -0.2) is 5.21 Å². The van der Waals surface area contributed by atoms with Crippen LogP contribution in [0.1, 0.15) is 240 Å². The molecule has 0 fully saturated rings. The quantitative estimate of drug-likeness (QED) is 0.0434. The molecule has 0 aromatic carbocycles. The van der Waals surface area contributed by atoms with Gasteiger partial charge in [-0.15, -0.1) is 0 Å². The van der Waals surface area contributed by atoms with Crippen molar-refractivity contribution in [2.45, 2.75) is 246 Å². The fourth-order valence-corrected chi connectivity index (χ4v) is 6.85. The van der Waals surface area contributed by atoms with Gasteiger partial charge in [0.2, 0.25) is 0 Å². The molecule has 0 aliphatic rings. The van der Waals surface area contributed by atoms with Gasteiger partial charge in [0, 0.05) is 6.42 Å². The molecule has 0 aromatic rings. The van der Waals surface area contributed by atoms with Crippen molar-refractivity contribution in [2.75, 3.05) is 13.1 Å². The zero-order chi connectivity index (χ0) is 30.8. The van der Waals surface area contributed by atoms with E-state index >= 15 is 0 Å². The average molecular weight is 595 g/mol. The molecule has 0 rings (SSSR count). The minimum absolute atomic E-state index is 0.303. The lowest BCUT2D eigenvalue weighted by Crippen LogP contribution is -2.52. The fourth-order valence-electron chi connectivity index (χ4n) is 6.85. The van der Waals surface area contributed by atoms with Crippen LogP contribution in [0.25, 0.3) is 0 Å². The van der Waals surface area contributed by atoms with Crippen LogP contribution >= 0.6 is 0 Å². The summed E-state index contributed by atoms with van der Waals surface area (Å²) >= 11 is 0. The Labute approximate surface area is 268 Å². The molecule has 0 heterocycles. The van der Waals surface area contributed by atoms with E-state index < -0.39 is 0 Å². The van der Waals surface area contributed by atoms with Gasteiger partial charge in [0.25, 0.3) is 0 Å². The van der Waals surface area contributed by atoms with Gasteiger partial charge in [0.1, 0.15) is 19.1 Å². The fraction of sp³-hybridized carbons (Fsp3) is 1.00. The van der Waals surface area contributed by atoms with Crippen LogP contribution in [0, 0.1) is 0 Å². The van der Waals surface area contributed by atoms with Gasteiger partial charge in [0.05, 0.1) is 0 Å². The Morgan fingerprint density at radius 1 is 0.357 bits per heavy atom. The van der Waals surface area contributed by atoms with E-state index in [1.165, 1.54) is 212 Å². The van der Waals surface area contributed by atoms with Crippen LogP contribution in [0.5, 0.6) is 0 Å². The minimum atomic E-state index is 0.303. The van der Waals surface area contributed by atoms with E-state index in [-0.39, 0.29) is 0 Å². The van der Waals surface area contributed by atoms with Crippen molar-refractivity contribution >= 4 is 0 Å². The van der Waals surface area contributed by atoms with Crippen molar-refractivity contribution < 1.29 is 9.85 Å². The summed E-state index contributed by atoms with van der Waals surface area (Å²) in [6.07, 6.45) is 46.5. The number of unbranched alkanes of at least 4 members (excludes halogenated alkanes) is 30. The van der Waals surface area contributed by atoms with Crippen molar-refractivity contribution in [3.63, 3.8) is 0 Å². The molecule has 1 N–H and O–H groups in total. The van der Waals surface area contributed by atoms with Crippen LogP contribution in [-0.4, -0.2) is 29.0 Å². The zero-order valence-electron chi connectivity index (χ0n) is 30.2. The lowest BCUT2D eigenvalue weighted by Gasteiger charge is -2.35. The number of hydrogen-bond acceptors (Lipinski definition) is 1. The average Bonchev–Trinajstić information content (AvgIpc) is 3.00. The summed E-state index contributed by atoms with van der Waals surface area (Å²) in [4.78, 5) is 0. The predicted molar refractivity (Wildman–Crippen MR) is 191 cm³/mol. The molecule has 2 nitrogen and oxygen atoms in total. The molecule has 2 heteroatoms. The van der Waals surface area contributed by atoms with Crippen LogP contribution in [-0.2, 0) is 0 Å². The summed E-state index contributed by atoms with van der Waals surface area (Å²) < 4.78 is 0.303. The monoisotopic (exact) mass is 595 g/mol. The van der Waals surface area contributed by atoms with E-state index in [2.05, 4.69) is 27.7 Å². The van der Waals surface area contributed by atoms with E-state index in [9.17, 15) is 5.21 Å². The summed E-state index contributed by atoms with van der Waals surface area (Å²) in [7, 11) is 0. The molecular weight excluding hydrogens is 510 g/mol. The molecule has 2 unspecified atom stereocenters. The van der Waals surface area contributed by atoms with E-state index in [0.29, 0.717) is 10.7 Å². The van der Waals surface area contributed by atoms with Crippen LogP contribution in [0.2, 0.25) is 0 Å². The second kappa shape index (κ2) is 33.8. The lowest BCUT2D eigenvalue weighted by molar-refractivity contribution is -1.12. The largest absolute Gasteiger partial charge is 0.217 e. The highest BCUT2D eigenvalue weighted by atomic mass is 16.5. The summed E-state index contributed by atoms with van der Waals surface area (Å²) in [6.45, 7) is 10.9. The SMILES string of the molecule is CCCCCCCCCCCCCCCCCCC(C)[N+](O)(CC)CCCCCCCCCCCCCCCCCC. The van der Waals surface area contributed by atoms with Gasteiger partial charge in [-0.2, -0.15) is 4.65 Å². The van der Waals surface area contributed by atoms with E-state index in [0.717, 1.165) is 13.1 Å². The number of rotatable bonds is 36. The second-order valence-electron chi connectivity index (χ2n) is 14.3. The normalized spacial score (nSPS) is 13.9. The highest BCUT2D eigenvalue weighted by Gasteiger charge is 2.29. The molecule has 0 spiro atoms. The van der Waals surface area contributed by atoms with Gasteiger partial charge in [0.15, 0.2) is 0 Å². The Balaban J connectivity index is 3.51. The molecule has 0 saturated carbocycles. The van der Waals surface area contributed by atoms with Gasteiger partial charge >= 0.3 is 0 Å². The van der Waals surface area contributed by atoms with Gasteiger partial charge in [-0.05, 0) is 33.1 Å². The maximum absolute atomic E-state index is 11.3. The van der Waals surface area contributed by atoms with Crippen molar-refractivity contribution in [1.29, 1.82) is 0 Å². The molecule has 254 valence electrons. The summed E-state index contributed by atoms with van der Waals surface area (Å²) in [5.41, 5.74) is 0. The molecule has 0 aromatic heterocycles. The first-order chi connectivity index (χ1) is 20.6. The Bertz CT molecular complexity index is 494. The van der Waals surface area contributed by atoms with Crippen molar-refractivity contribution in [2.24, 2.45) is 0 Å². The highest BCUT2D eigenvalue weighted by molar-refractivity contribution is 4.56. The zero-order valence-corrected chi connectivity index (χ0v) is 30.2. The first kappa shape index (κ1) is 41.9. The van der Waals surface area contributed by atoms with E-state index in [1.54, 1.807) is 0 Å². The third kappa shape index (κ3) is 28.7. The highest BCUT2D eigenvalue weighted by Crippen LogP contribution is 2.20. The van der Waals surface area contributed by atoms with Crippen molar-refractivity contribution in [3.8, 4) is 0 Å². The van der Waals surface area contributed by atoms with E-state index in [4.69, 9.17) is 0 Å². The Kier molecular flexibility index (Phi) is 33.7. The number of hydrogen-bond donors (Lipinski definition) is 1. The lowest BCUT2D eigenvalue weighted by atomic mass is 10.0. The van der Waals surface area contributed by atoms with Crippen molar-refractivity contribution in [3.05, 3.63) is 0 Å². The molecule has 42 heavy (non-hydrogen) atoms. The van der Waals surface area contributed by atoms with Gasteiger partial charge < -0.3 is 0 Å². The topological polar surface area (TPSA) is 20.2 Å².